The SMILES string of the molecule is C=CCN(CC(=O)N(Cc1ccco1)Cc1cccn1C)C(=O)/C=C/c1ccc([N+](=O)[O-])cc1. The molecule has 0 aliphatic rings. The van der Waals surface area contributed by atoms with Crippen LogP contribution in [0.4, 0.5) is 5.69 Å². The molecule has 0 atom stereocenters. The maximum Gasteiger partial charge on any atom is 0.269 e. The molecule has 176 valence electrons. The summed E-state index contributed by atoms with van der Waals surface area (Å²) in [5.74, 6) is 0.0298. The molecule has 2 amide bonds. The van der Waals surface area contributed by atoms with E-state index in [1.807, 2.05) is 29.9 Å². The van der Waals surface area contributed by atoms with Crippen molar-refractivity contribution in [1.82, 2.24) is 14.4 Å². The van der Waals surface area contributed by atoms with Gasteiger partial charge in [0.25, 0.3) is 5.69 Å². The van der Waals surface area contributed by atoms with Gasteiger partial charge in [0.1, 0.15) is 12.3 Å². The average molecular weight is 463 g/mol. The van der Waals surface area contributed by atoms with Crippen LogP contribution in [0.3, 0.4) is 0 Å². The molecule has 0 N–H and O–H groups in total. The van der Waals surface area contributed by atoms with Gasteiger partial charge in [0.2, 0.25) is 11.8 Å². The van der Waals surface area contributed by atoms with Crippen LogP contribution in [0, 0.1) is 10.1 Å². The number of carbonyl (C=O) groups excluding carboxylic acids is 2. The van der Waals surface area contributed by atoms with Gasteiger partial charge in [0.05, 0.1) is 24.3 Å². The number of hydrogen-bond donors (Lipinski definition) is 0. The third-order valence-corrected chi connectivity index (χ3v) is 5.19. The Labute approximate surface area is 197 Å². The van der Waals surface area contributed by atoms with Gasteiger partial charge in [-0.1, -0.05) is 6.08 Å². The zero-order valence-corrected chi connectivity index (χ0v) is 18.9. The Morgan fingerprint density at radius 2 is 1.88 bits per heavy atom. The first-order chi connectivity index (χ1) is 16.4. The van der Waals surface area contributed by atoms with Gasteiger partial charge in [0, 0.05) is 43.7 Å². The van der Waals surface area contributed by atoms with Gasteiger partial charge in [-0.25, -0.2) is 0 Å². The zero-order valence-electron chi connectivity index (χ0n) is 18.9. The number of rotatable bonds is 11. The molecule has 0 aliphatic carbocycles. The van der Waals surface area contributed by atoms with E-state index in [1.165, 1.54) is 23.1 Å². The second-order valence-corrected chi connectivity index (χ2v) is 7.63. The van der Waals surface area contributed by atoms with Crippen LogP contribution in [-0.4, -0.2) is 44.2 Å². The quantitative estimate of drug-likeness (QED) is 0.187. The minimum atomic E-state index is -0.486. The first-order valence-corrected chi connectivity index (χ1v) is 10.6. The average Bonchev–Trinajstić information content (AvgIpc) is 3.48. The van der Waals surface area contributed by atoms with Gasteiger partial charge in [-0.05, 0) is 48.0 Å². The molecule has 0 saturated carbocycles. The fourth-order valence-corrected chi connectivity index (χ4v) is 3.31. The molecule has 3 rings (SSSR count). The summed E-state index contributed by atoms with van der Waals surface area (Å²) in [6, 6.07) is 13.2. The van der Waals surface area contributed by atoms with Crippen molar-refractivity contribution in [3.8, 4) is 0 Å². The van der Waals surface area contributed by atoms with Crippen molar-refractivity contribution in [2.24, 2.45) is 7.05 Å². The van der Waals surface area contributed by atoms with Crippen LogP contribution in [-0.2, 0) is 29.7 Å². The molecule has 3 aromatic rings. The zero-order chi connectivity index (χ0) is 24.5. The van der Waals surface area contributed by atoms with E-state index >= 15 is 0 Å². The van der Waals surface area contributed by atoms with E-state index in [2.05, 4.69) is 6.58 Å². The third-order valence-electron chi connectivity index (χ3n) is 5.19. The molecule has 0 spiro atoms. The predicted octanol–water partition coefficient (Wildman–Crippen LogP) is 3.78. The highest BCUT2D eigenvalue weighted by atomic mass is 16.6. The summed E-state index contributed by atoms with van der Waals surface area (Å²) in [5.41, 5.74) is 1.55. The lowest BCUT2D eigenvalue weighted by molar-refractivity contribution is -0.384. The van der Waals surface area contributed by atoms with E-state index < -0.39 is 4.92 Å². The number of carbonyl (C=O) groups is 2. The number of hydrogen-bond acceptors (Lipinski definition) is 5. The fraction of sp³-hybridized carbons (Fsp3) is 0.200. The largest absolute Gasteiger partial charge is 0.467 e. The number of aryl methyl sites for hydroxylation is 1. The van der Waals surface area contributed by atoms with E-state index in [0.29, 0.717) is 17.9 Å². The van der Waals surface area contributed by atoms with Gasteiger partial charge >= 0.3 is 0 Å². The first-order valence-electron chi connectivity index (χ1n) is 10.6. The Morgan fingerprint density at radius 3 is 2.47 bits per heavy atom. The van der Waals surface area contributed by atoms with Crippen molar-refractivity contribution in [2.75, 3.05) is 13.1 Å². The van der Waals surface area contributed by atoms with Crippen LogP contribution < -0.4 is 0 Å². The predicted molar refractivity (Wildman–Crippen MR) is 127 cm³/mol. The molecule has 9 nitrogen and oxygen atoms in total. The Bertz CT molecular complexity index is 1160. The number of nitro benzene ring substituents is 1. The highest BCUT2D eigenvalue weighted by molar-refractivity contribution is 5.94. The number of nitrogens with zero attached hydrogens (tertiary/aromatic N) is 4. The highest BCUT2D eigenvalue weighted by Gasteiger charge is 2.21. The van der Waals surface area contributed by atoms with Gasteiger partial charge in [-0.3, -0.25) is 19.7 Å². The van der Waals surface area contributed by atoms with Gasteiger partial charge in [-0.15, -0.1) is 6.58 Å². The number of benzene rings is 1. The maximum absolute atomic E-state index is 13.2. The van der Waals surface area contributed by atoms with Crippen LogP contribution in [0.5, 0.6) is 0 Å². The Balaban J connectivity index is 1.72. The molecule has 0 aliphatic heterocycles. The Morgan fingerprint density at radius 1 is 1.12 bits per heavy atom. The molecule has 1 aromatic carbocycles. The molecule has 2 heterocycles. The Kier molecular flexibility index (Phi) is 8.17. The number of amides is 2. The molecule has 0 bridgehead atoms. The molecule has 0 radical (unpaired) electrons. The van der Waals surface area contributed by atoms with Crippen molar-refractivity contribution < 1.29 is 18.9 Å². The van der Waals surface area contributed by atoms with Crippen LogP contribution >= 0.6 is 0 Å². The van der Waals surface area contributed by atoms with E-state index in [1.54, 1.807) is 47.6 Å². The minimum absolute atomic E-state index is 0.0303. The van der Waals surface area contributed by atoms with Crippen LogP contribution in [0.15, 0.2) is 84.1 Å². The van der Waals surface area contributed by atoms with E-state index in [9.17, 15) is 19.7 Å². The highest BCUT2D eigenvalue weighted by Crippen LogP contribution is 2.14. The maximum atomic E-state index is 13.2. The summed E-state index contributed by atoms with van der Waals surface area (Å²) in [6.07, 6.45) is 7.90. The first kappa shape index (κ1) is 24.2. The van der Waals surface area contributed by atoms with Crippen molar-refractivity contribution >= 4 is 23.6 Å². The lowest BCUT2D eigenvalue weighted by atomic mass is 10.2. The van der Waals surface area contributed by atoms with Gasteiger partial charge in [-0.2, -0.15) is 0 Å². The second-order valence-electron chi connectivity index (χ2n) is 7.63. The standard InChI is InChI=1S/C25H26N4O5/c1-3-14-27(24(30)13-10-20-8-11-21(12-9-20)29(32)33)19-25(31)28(18-23-7-5-16-34-23)17-22-6-4-15-26(22)2/h3-13,15-16H,1,14,17-19H2,2H3/b13-10+. The van der Waals surface area contributed by atoms with Crippen LogP contribution in [0.25, 0.3) is 6.08 Å². The number of aromatic nitrogens is 1. The lowest BCUT2D eigenvalue weighted by Crippen LogP contribution is -2.42. The smallest absolute Gasteiger partial charge is 0.269 e. The number of non-ortho nitro benzene ring substituents is 1. The van der Waals surface area contributed by atoms with Crippen LogP contribution in [0.2, 0.25) is 0 Å². The summed E-state index contributed by atoms with van der Waals surface area (Å²) >= 11 is 0. The molecule has 2 aromatic heterocycles. The number of furan rings is 1. The van der Waals surface area contributed by atoms with Crippen molar-refractivity contribution in [1.29, 1.82) is 0 Å². The van der Waals surface area contributed by atoms with Crippen molar-refractivity contribution in [3.05, 3.63) is 107 Å². The van der Waals surface area contributed by atoms with E-state index in [4.69, 9.17) is 4.42 Å². The fourth-order valence-electron chi connectivity index (χ4n) is 3.31. The van der Waals surface area contributed by atoms with Crippen molar-refractivity contribution in [3.63, 3.8) is 0 Å². The monoisotopic (exact) mass is 462 g/mol. The molecular formula is C25H26N4O5. The molecule has 34 heavy (non-hydrogen) atoms. The van der Waals surface area contributed by atoms with Gasteiger partial charge in [0.15, 0.2) is 0 Å². The molecule has 0 fully saturated rings. The third kappa shape index (κ3) is 6.55. The summed E-state index contributed by atoms with van der Waals surface area (Å²) < 4.78 is 7.36. The van der Waals surface area contributed by atoms with Gasteiger partial charge < -0.3 is 18.8 Å². The minimum Gasteiger partial charge on any atom is -0.467 e. The number of nitro groups is 1. The summed E-state index contributed by atoms with van der Waals surface area (Å²) in [7, 11) is 1.90. The normalized spacial score (nSPS) is 10.9. The Hall–Kier alpha value is -4.40. The van der Waals surface area contributed by atoms with Crippen LogP contribution in [0.1, 0.15) is 17.0 Å². The molecule has 9 heteroatoms. The molecule has 0 unspecified atom stereocenters. The summed E-state index contributed by atoms with van der Waals surface area (Å²) in [4.78, 5) is 39.4. The lowest BCUT2D eigenvalue weighted by Gasteiger charge is -2.26. The second kappa shape index (κ2) is 11.5. The summed E-state index contributed by atoms with van der Waals surface area (Å²) in [5, 5.41) is 10.8. The van der Waals surface area contributed by atoms with E-state index in [0.717, 1.165) is 5.69 Å². The summed E-state index contributed by atoms with van der Waals surface area (Å²) in [6.45, 7) is 4.37. The van der Waals surface area contributed by atoms with Crippen molar-refractivity contribution in [2.45, 2.75) is 13.1 Å². The van der Waals surface area contributed by atoms with E-state index in [-0.39, 0.29) is 37.1 Å². The molecular weight excluding hydrogens is 436 g/mol. The molecule has 0 saturated heterocycles. The topological polar surface area (TPSA) is 102 Å².